The average Bonchev–Trinajstić information content (AvgIpc) is 2.41. The number of nitrogen functional groups attached to an aromatic ring is 1. The van der Waals surface area contributed by atoms with Crippen molar-refractivity contribution in [3.63, 3.8) is 0 Å². The largest absolute Gasteiger partial charge is 0.395 e. The fourth-order valence-electron chi connectivity index (χ4n) is 2.24. The van der Waals surface area contributed by atoms with Crippen molar-refractivity contribution in [3.8, 4) is 0 Å². The molecule has 102 valence electrons. The lowest BCUT2D eigenvalue weighted by Gasteiger charge is -2.30. The first-order chi connectivity index (χ1) is 8.76. The third-order valence-electron chi connectivity index (χ3n) is 3.25. The molecule has 0 bridgehead atoms. The van der Waals surface area contributed by atoms with Crippen molar-refractivity contribution in [2.75, 3.05) is 18.6 Å². The van der Waals surface area contributed by atoms with Gasteiger partial charge in [-0.3, -0.25) is 4.90 Å². The minimum Gasteiger partial charge on any atom is -0.395 e. The molecule has 0 saturated heterocycles. The Hall–Kier alpha value is -1.17. The second-order valence-electron chi connectivity index (χ2n) is 4.32. The summed E-state index contributed by atoms with van der Waals surface area (Å²) in [5.41, 5.74) is 3.67. The maximum absolute atomic E-state index is 9.18. The van der Waals surface area contributed by atoms with Crippen molar-refractivity contribution in [2.24, 2.45) is 5.84 Å². The molecule has 1 rings (SSSR count). The predicted molar refractivity (Wildman–Crippen MR) is 73.9 cm³/mol. The van der Waals surface area contributed by atoms with E-state index in [1.807, 2.05) is 12.1 Å². The number of hydrazine groups is 1. The van der Waals surface area contributed by atoms with Gasteiger partial charge in [0.2, 0.25) is 0 Å². The highest BCUT2D eigenvalue weighted by Gasteiger charge is 2.16. The van der Waals surface area contributed by atoms with Crippen LogP contribution < -0.4 is 11.3 Å². The number of anilines is 1. The van der Waals surface area contributed by atoms with Crippen LogP contribution in [-0.2, 0) is 6.54 Å². The van der Waals surface area contributed by atoms with Gasteiger partial charge in [-0.2, -0.15) is 0 Å². The van der Waals surface area contributed by atoms with E-state index in [0.29, 0.717) is 18.4 Å². The number of hydrogen-bond donors (Lipinski definition) is 3. The highest BCUT2D eigenvalue weighted by atomic mass is 16.3. The smallest absolute Gasteiger partial charge is 0.144 e. The molecule has 5 heteroatoms. The van der Waals surface area contributed by atoms with E-state index in [0.717, 1.165) is 24.9 Å². The molecule has 0 atom stereocenters. The first-order valence-corrected chi connectivity index (χ1v) is 6.52. The zero-order valence-corrected chi connectivity index (χ0v) is 11.3. The molecule has 0 radical (unpaired) electrons. The standard InChI is InChI=1S/C13H24N4O/c1-3-12(4-2)17(8-9-18)10-11-6-5-7-15-13(11)16-14/h5-7,12,18H,3-4,8-10,14H2,1-2H3,(H,15,16). The third kappa shape index (κ3) is 3.94. The van der Waals surface area contributed by atoms with Gasteiger partial charge in [-0.05, 0) is 18.9 Å². The van der Waals surface area contributed by atoms with Crippen LogP contribution in [0.4, 0.5) is 5.82 Å². The molecule has 0 aliphatic rings. The van der Waals surface area contributed by atoms with Gasteiger partial charge in [0.25, 0.3) is 0 Å². The molecule has 0 fully saturated rings. The van der Waals surface area contributed by atoms with Crippen molar-refractivity contribution in [3.05, 3.63) is 23.9 Å². The molecule has 1 aromatic heterocycles. The fraction of sp³-hybridized carbons (Fsp3) is 0.615. The zero-order valence-electron chi connectivity index (χ0n) is 11.3. The van der Waals surface area contributed by atoms with Crippen LogP contribution in [0.3, 0.4) is 0 Å². The number of aromatic nitrogens is 1. The molecule has 0 spiro atoms. The topological polar surface area (TPSA) is 74.4 Å². The van der Waals surface area contributed by atoms with Gasteiger partial charge < -0.3 is 10.5 Å². The number of aliphatic hydroxyl groups is 1. The Morgan fingerprint density at radius 1 is 1.44 bits per heavy atom. The molecule has 18 heavy (non-hydrogen) atoms. The molecular formula is C13H24N4O. The number of nitrogens with one attached hydrogen (secondary N) is 1. The van der Waals surface area contributed by atoms with Gasteiger partial charge in [0.15, 0.2) is 0 Å². The van der Waals surface area contributed by atoms with E-state index >= 15 is 0 Å². The lowest BCUT2D eigenvalue weighted by molar-refractivity contribution is 0.136. The molecule has 5 nitrogen and oxygen atoms in total. The van der Waals surface area contributed by atoms with Crippen LogP contribution in [0.25, 0.3) is 0 Å². The average molecular weight is 252 g/mol. The number of aliphatic hydroxyl groups excluding tert-OH is 1. The van der Waals surface area contributed by atoms with Gasteiger partial charge >= 0.3 is 0 Å². The van der Waals surface area contributed by atoms with Crippen molar-refractivity contribution in [1.29, 1.82) is 0 Å². The summed E-state index contributed by atoms with van der Waals surface area (Å²) in [4.78, 5) is 6.47. The van der Waals surface area contributed by atoms with E-state index in [-0.39, 0.29) is 6.61 Å². The monoisotopic (exact) mass is 252 g/mol. The summed E-state index contributed by atoms with van der Waals surface area (Å²) in [7, 11) is 0. The maximum Gasteiger partial charge on any atom is 0.144 e. The first-order valence-electron chi connectivity index (χ1n) is 6.52. The SMILES string of the molecule is CCC(CC)N(CCO)Cc1cccnc1NN. The highest BCUT2D eigenvalue weighted by molar-refractivity contribution is 5.42. The number of nitrogens with two attached hydrogens (primary N) is 1. The van der Waals surface area contributed by atoms with Crippen LogP contribution in [0.15, 0.2) is 18.3 Å². The molecule has 0 aromatic carbocycles. The molecule has 1 aromatic rings. The van der Waals surface area contributed by atoms with E-state index in [1.54, 1.807) is 6.20 Å². The molecule has 4 N–H and O–H groups in total. The molecule has 0 saturated carbocycles. The Balaban J connectivity index is 2.81. The summed E-state index contributed by atoms with van der Waals surface area (Å²) in [6.07, 6.45) is 3.86. The Labute approximate surface area is 109 Å². The van der Waals surface area contributed by atoms with Crippen molar-refractivity contribution in [1.82, 2.24) is 9.88 Å². The minimum absolute atomic E-state index is 0.169. The fourth-order valence-corrected chi connectivity index (χ4v) is 2.24. The van der Waals surface area contributed by atoms with Gasteiger partial charge in [-0.25, -0.2) is 10.8 Å². The summed E-state index contributed by atoms with van der Waals surface area (Å²) in [5.74, 6) is 6.16. The summed E-state index contributed by atoms with van der Waals surface area (Å²) >= 11 is 0. The van der Waals surface area contributed by atoms with Gasteiger partial charge in [-0.1, -0.05) is 19.9 Å². The second-order valence-corrected chi connectivity index (χ2v) is 4.32. The van der Waals surface area contributed by atoms with Crippen LogP contribution >= 0.6 is 0 Å². The van der Waals surface area contributed by atoms with Gasteiger partial charge in [0.05, 0.1) is 6.61 Å². The molecule has 1 heterocycles. The van der Waals surface area contributed by atoms with E-state index in [2.05, 4.69) is 29.2 Å². The third-order valence-corrected chi connectivity index (χ3v) is 3.25. The van der Waals surface area contributed by atoms with Crippen molar-refractivity contribution in [2.45, 2.75) is 39.3 Å². The molecule has 0 aliphatic heterocycles. The van der Waals surface area contributed by atoms with E-state index in [9.17, 15) is 5.11 Å². The Bertz CT molecular complexity index is 342. The quantitative estimate of drug-likeness (QED) is 0.481. The molecule has 0 unspecified atom stereocenters. The van der Waals surface area contributed by atoms with Crippen molar-refractivity contribution >= 4 is 5.82 Å². The zero-order chi connectivity index (χ0) is 13.4. The first kappa shape index (κ1) is 14.9. The van der Waals surface area contributed by atoms with E-state index in [4.69, 9.17) is 5.84 Å². The van der Waals surface area contributed by atoms with Crippen LogP contribution in [0.5, 0.6) is 0 Å². The Kier molecular flexibility index (Phi) is 6.64. The van der Waals surface area contributed by atoms with Crippen molar-refractivity contribution < 1.29 is 5.11 Å². The Morgan fingerprint density at radius 2 is 2.17 bits per heavy atom. The van der Waals surface area contributed by atoms with E-state index < -0.39 is 0 Å². The second kappa shape index (κ2) is 8.02. The van der Waals surface area contributed by atoms with Crippen LogP contribution in [0.1, 0.15) is 32.3 Å². The van der Waals surface area contributed by atoms with Gasteiger partial charge in [0, 0.05) is 30.9 Å². The van der Waals surface area contributed by atoms with Crippen LogP contribution in [-0.4, -0.2) is 34.2 Å². The lowest BCUT2D eigenvalue weighted by Crippen LogP contribution is -2.36. The summed E-state index contributed by atoms with van der Waals surface area (Å²) in [6, 6.07) is 4.39. The van der Waals surface area contributed by atoms with E-state index in [1.165, 1.54) is 0 Å². The summed E-state index contributed by atoms with van der Waals surface area (Å²) < 4.78 is 0. The number of pyridine rings is 1. The number of rotatable bonds is 8. The molecule has 0 aliphatic carbocycles. The maximum atomic E-state index is 9.18. The normalized spacial score (nSPS) is 11.2. The van der Waals surface area contributed by atoms with Gasteiger partial charge in [-0.15, -0.1) is 0 Å². The summed E-state index contributed by atoms with van der Waals surface area (Å²) in [5, 5.41) is 9.18. The summed E-state index contributed by atoms with van der Waals surface area (Å²) in [6.45, 7) is 5.93. The molecular weight excluding hydrogens is 228 g/mol. The lowest BCUT2D eigenvalue weighted by atomic mass is 10.1. The molecule has 0 amide bonds. The highest BCUT2D eigenvalue weighted by Crippen LogP contribution is 2.17. The number of hydrogen-bond acceptors (Lipinski definition) is 5. The van der Waals surface area contributed by atoms with Crippen LogP contribution in [0, 0.1) is 0 Å². The van der Waals surface area contributed by atoms with Crippen LogP contribution in [0.2, 0.25) is 0 Å². The predicted octanol–water partition coefficient (Wildman–Crippen LogP) is 1.35. The number of nitrogens with zero attached hydrogens (tertiary/aromatic N) is 2. The minimum atomic E-state index is 0.169. The Morgan fingerprint density at radius 3 is 2.72 bits per heavy atom. The van der Waals surface area contributed by atoms with Gasteiger partial charge in [0.1, 0.15) is 5.82 Å².